The third kappa shape index (κ3) is 6.39. The third-order valence-corrected chi connectivity index (χ3v) is 6.44. The zero-order valence-corrected chi connectivity index (χ0v) is 16.6. The first-order valence-corrected chi connectivity index (χ1v) is 9.77. The first-order chi connectivity index (χ1) is 8.70. The van der Waals surface area contributed by atoms with Crippen LogP contribution in [0.15, 0.2) is 12.1 Å². The molecule has 0 aliphatic carbocycles. The van der Waals surface area contributed by atoms with Crippen molar-refractivity contribution in [2.75, 3.05) is 12.4 Å². The maximum absolute atomic E-state index is 11.8. The van der Waals surface area contributed by atoms with Crippen LogP contribution in [0.1, 0.15) is 16.8 Å². The molecular weight excluding hydrogens is 613 g/mol. The van der Waals surface area contributed by atoms with Crippen molar-refractivity contribution in [3.8, 4) is 0 Å². The molecule has 0 saturated carbocycles. The van der Waals surface area contributed by atoms with Crippen LogP contribution in [-0.2, 0) is 14.9 Å². The highest BCUT2D eigenvalue weighted by molar-refractivity contribution is 14.1. The van der Waals surface area contributed by atoms with E-state index >= 15 is 0 Å². The topological polar surface area (TPSA) is 83.5 Å². The third-order valence-electron chi connectivity index (χ3n) is 1.98. The molecule has 0 radical (unpaired) electrons. The van der Waals surface area contributed by atoms with Crippen molar-refractivity contribution in [2.24, 2.45) is 0 Å². The smallest absolute Gasteiger partial charge is 0.339 e. The minimum absolute atomic E-state index is 0.00910. The second kappa shape index (κ2) is 7.70. The Labute approximate surface area is 152 Å². The molecule has 0 amide bonds. The molecule has 0 aromatic heterocycles. The summed E-state index contributed by atoms with van der Waals surface area (Å²) < 4.78 is 38.8. The van der Waals surface area contributed by atoms with E-state index in [1.165, 1.54) is 0 Å². The van der Waals surface area contributed by atoms with E-state index in [4.69, 9.17) is 4.74 Å². The maximum atomic E-state index is 11.8. The standard InChI is InChI=1S/C10H9I3O5S/c11-6-4-7(9(13)8(12)5-6)10(14)18-2-1-3-19(15,16)17/h4-5H,1-3H2,(H,15,16,17)/p-1. The van der Waals surface area contributed by atoms with Gasteiger partial charge in [-0.05, 0) is 86.3 Å². The van der Waals surface area contributed by atoms with Gasteiger partial charge in [0.2, 0.25) is 0 Å². The number of esters is 1. The quantitative estimate of drug-likeness (QED) is 0.166. The highest BCUT2D eigenvalue weighted by Crippen LogP contribution is 2.23. The van der Waals surface area contributed by atoms with Crippen LogP contribution in [0.5, 0.6) is 0 Å². The molecule has 19 heavy (non-hydrogen) atoms. The number of halogens is 3. The van der Waals surface area contributed by atoms with Crippen LogP contribution < -0.4 is 0 Å². The molecule has 9 heteroatoms. The molecule has 0 heterocycles. The van der Waals surface area contributed by atoms with Gasteiger partial charge in [-0.15, -0.1) is 0 Å². The Kier molecular flexibility index (Phi) is 7.23. The highest BCUT2D eigenvalue weighted by Gasteiger charge is 2.14. The summed E-state index contributed by atoms with van der Waals surface area (Å²) in [6, 6.07) is 3.64. The van der Waals surface area contributed by atoms with Gasteiger partial charge < -0.3 is 9.29 Å². The summed E-state index contributed by atoms with van der Waals surface area (Å²) in [6.45, 7) is -0.0849. The fourth-order valence-electron chi connectivity index (χ4n) is 1.18. The molecule has 5 nitrogen and oxygen atoms in total. The molecular formula is C10H8I3O5S-. The first kappa shape index (κ1) is 17.8. The van der Waals surface area contributed by atoms with Gasteiger partial charge in [0.15, 0.2) is 0 Å². The normalized spacial score (nSPS) is 11.4. The molecule has 106 valence electrons. The average Bonchev–Trinajstić information content (AvgIpc) is 2.27. The number of hydrogen-bond donors (Lipinski definition) is 0. The molecule has 0 N–H and O–H groups in total. The minimum atomic E-state index is -4.25. The Balaban J connectivity index is 2.64. The van der Waals surface area contributed by atoms with Crippen molar-refractivity contribution in [3.63, 3.8) is 0 Å². The Morgan fingerprint density at radius 2 is 1.89 bits per heavy atom. The predicted molar refractivity (Wildman–Crippen MR) is 94.1 cm³/mol. The lowest BCUT2D eigenvalue weighted by Crippen LogP contribution is -2.12. The summed E-state index contributed by atoms with van der Waals surface area (Å²) in [6.07, 6.45) is 0.00910. The van der Waals surface area contributed by atoms with Crippen LogP contribution in [0.2, 0.25) is 0 Å². The van der Waals surface area contributed by atoms with Gasteiger partial charge in [0.1, 0.15) is 0 Å². The van der Waals surface area contributed by atoms with Crippen molar-refractivity contribution in [1.82, 2.24) is 0 Å². The van der Waals surface area contributed by atoms with Gasteiger partial charge in [-0.3, -0.25) is 0 Å². The summed E-state index contributed by atoms with van der Waals surface area (Å²) in [5.41, 5.74) is 0.446. The zero-order valence-electron chi connectivity index (χ0n) is 9.36. The second-order valence-corrected chi connectivity index (χ2v) is 8.51. The van der Waals surface area contributed by atoms with Crippen LogP contribution in [0.3, 0.4) is 0 Å². The molecule has 0 fully saturated rings. The van der Waals surface area contributed by atoms with Gasteiger partial charge in [0.05, 0.1) is 22.3 Å². The van der Waals surface area contributed by atoms with E-state index in [9.17, 15) is 17.8 Å². The zero-order chi connectivity index (χ0) is 14.6. The average molecular weight is 621 g/mol. The molecule has 0 saturated heterocycles. The molecule has 1 rings (SSSR count). The van der Waals surface area contributed by atoms with Gasteiger partial charge in [-0.2, -0.15) is 0 Å². The summed E-state index contributed by atoms with van der Waals surface area (Å²) in [5.74, 6) is -1.04. The molecule has 0 unspecified atom stereocenters. The molecule has 1 aromatic rings. The van der Waals surface area contributed by atoms with E-state index in [1.807, 2.05) is 6.07 Å². The van der Waals surface area contributed by atoms with Crippen LogP contribution in [-0.4, -0.2) is 31.3 Å². The number of carbonyl (C=O) groups excluding carboxylic acids is 1. The number of rotatable bonds is 5. The Morgan fingerprint density at radius 1 is 1.26 bits per heavy atom. The van der Waals surface area contributed by atoms with E-state index in [0.29, 0.717) is 5.56 Å². The molecule has 0 spiro atoms. The van der Waals surface area contributed by atoms with E-state index in [0.717, 1.165) is 10.7 Å². The van der Waals surface area contributed by atoms with Crippen LogP contribution in [0.4, 0.5) is 0 Å². The summed E-state index contributed by atoms with van der Waals surface area (Å²) in [4.78, 5) is 11.8. The van der Waals surface area contributed by atoms with E-state index < -0.39 is 21.8 Å². The minimum Gasteiger partial charge on any atom is -0.748 e. The number of hydrogen-bond acceptors (Lipinski definition) is 5. The largest absolute Gasteiger partial charge is 0.748 e. The molecule has 0 aliphatic heterocycles. The fraction of sp³-hybridized carbons (Fsp3) is 0.300. The van der Waals surface area contributed by atoms with Gasteiger partial charge in [0, 0.05) is 16.5 Å². The fourth-order valence-corrected chi connectivity index (χ4v) is 4.03. The van der Waals surface area contributed by atoms with E-state index in [2.05, 4.69) is 67.8 Å². The van der Waals surface area contributed by atoms with E-state index in [-0.39, 0.29) is 13.0 Å². The summed E-state index contributed by atoms with van der Waals surface area (Å²) in [5, 5.41) is 0. The van der Waals surface area contributed by atoms with Crippen molar-refractivity contribution in [1.29, 1.82) is 0 Å². The Hall–Kier alpha value is 0.790. The summed E-state index contributed by atoms with van der Waals surface area (Å²) in [7, 11) is -4.25. The van der Waals surface area contributed by atoms with Gasteiger partial charge >= 0.3 is 5.97 Å². The highest BCUT2D eigenvalue weighted by atomic mass is 127. The van der Waals surface area contributed by atoms with Crippen LogP contribution in [0.25, 0.3) is 0 Å². The van der Waals surface area contributed by atoms with Crippen LogP contribution >= 0.6 is 67.8 Å². The number of benzene rings is 1. The van der Waals surface area contributed by atoms with Crippen molar-refractivity contribution in [2.45, 2.75) is 6.42 Å². The summed E-state index contributed by atoms with van der Waals surface area (Å²) >= 11 is 6.28. The predicted octanol–water partition coefficient (Wildman–Crippen LogP) is 2.59. The Morgan fingerprint density at radius 3 is 2.47 bits per heavy atom. The number of ether oxygens (including phenoxy) is 1. The second-order valence-electron chi connectivity index (χ2n) is 3.50. The first-order valence-electron chi connectivity index (χ1n) is 4.96. The molecule has 1 aromatic carbocycles. The monoisotopic (exact) mass is 621 g/mol. The van der Waals surface area contributed by atoms with Gasteiger partial charge in [0.25, 0.3) is 0 Å². The van der Waals surface area contributed by atoms with Crippen LogP contribution in [0, 0.1) is 10.7 Å². The molecule has 0 bridgehead atoms. The lowest BCUT2D eigenvalue weighted by atomic mass is 10.2. The number of carbonyl (C=O) groups is 1. The Bertz CT molecular complexity index is 585. The van der Waals surface area contributed by atoms with Gasteiger partial charge in [-0.1, -0.05) is 0 Å². The lowest BCUT2D eigenvalue weighted by Gasteiger charge is -2.09. The van der Waals surface area contributed by atoms with Crippen molar-refractivity contribution < 1.29 is 22.5 Å². The molecule has 0 atom stereocenters. The SMILES string of the molecule is O=C(OCCCS(=O)(=O)[O-])c1cc(I)cc(I)c1I. The lowest BCUT2D eigenvalue weighted by molar-refractivity contribution is 0.0503. The maximum Gasteiger partial charge on any atom is 0.339 e. The van der Waals surface area contributed by atoms with Crippen molar-refractivity contribution >= 4 is 83.9 Å². The van der Waals surface area contributed by atoms with E-state index in [1.54, 1.807) is 6.07 Å². The molecule has 0 aliphatic rings. The van der Waals surface area contributed by atoms with Gasteiger partial charge in [-0.25, -0.2) is 13.2 Å². The van der Waals surface area contributed by atoms with Crippen molar-refractivity contribution in [3.05, 3.63) is 28.4 Å².